The highest BCUT2D eigenvalue weighted by atomic mass is 14.0. The summed E-state index contributed by atoms with van der Waals surface area (Å²) in [6.45, 7) is 10.2. The van der Waals surface area contributed by atoms with Gasteiger partial charge in [-0.15, -0.1) is 6.58 Å². The van der Waals surface area contributed by atoms with Gasteiger partial charge in [-0.25, -0.2) is 0 Å². The first kappa shape index (κ1) is 9.48. The Labute approximate surface area is 64.6 Å². The molecule has 0 radical (unpaired) electrons. The Morgan fingerprint density at radius 2 is 1.90 bits per heavy atom. The lowest BCUT2D eigenvalue weighted by Crippen LogP contribution is -1.79. The Morgan fingerprint density at radius 1 is 1.30 bits per heavy atom. The van der Waals surface area contributed by atoms with Crippen LogP contribution in [0.15, 0.2) is 23.8 Å². The second kappa shape index (κ2) is 5.28. The summed E-state index contributed by atoms with van der Waals surface area (Å²) in [7, 11) is 0. The van der Waals surface area contributed by atoms with Crippen molar-refractivity contribution in [3.63, 3.8) is 0 Å². The minimum atomic E-state index is 1.17. The average molecular weight is 138 g/mol. The van der Waals surface area contributed by atoms with Gasteiger partial charge >= 0.3 is 0 Å². The first-order valence-electron chi connectivity index (χ1n) is 3.93. The lowest BCUT2D eigenvalue weighted by molar-refractivity contribution is 0.804. The SMILES string of the molecule is C=C(C)CCC/C(C)=C/C. The van der Waals surface area contributed by atoms with Crippen LogP contribution in [0.25, 0.3) is 0 Å². The molecule has 0 unspecified atom stereocenters. The second-order valence-corrected chi connectivity index (χ2v) is 2.95. The third kappa shape index (κ3) is 5.61. The monoisotopic (exact) mass is 138 g/mol. The maximum absolute atomic E-state index is 3.86. The molecule has 0 N–H and O–H groups in total. The standard InChI is InChI=1S/C10H18/c1-5-10(4)8-6-7-9(2)3/h5H,2,6-8H2,1,3-4H3/b10-5+. The average Bonchev–Trinajstić information content (AvgIpc) is 1.87. The predicted octanol–water partition coefficient (Wildman–Crippen LogP) is 3.70. The summed E-state index contributed by atoms with van der Waals surface area (Å²) < 4.78 is 0. The highest BCUT2D eigenvalue weighted by Crippen LogP contribution is 2.09. The zero-order valence-electron chi connectivity index (χ0n) is 7.41. The Balaban J connectivity index is 3.29. The molecule has 0 amide bonds. The van der Waals surface area contributed by atoms with Crippen molar-refractivity contribution in [3.05, 3.63) is 23.8 Å². The molecule has 0 aromatic heterocycles. The summed E-state index contributed by atoms with van der Waals surface area (Å²) in [4.78, 5) is 0. The van der Waals surface area contributed by atoms with Gasteiger partial charge in [-0.05, 0) is 40.0 Å². The maximum atomic E-state index is 3.86. The number of allylic oxidation sites excluding steroid dienone is 3. The maximum Gasteiger partial charge on any atom is -0.0320 e. The van der Waals surface area contributed by atoms with E-state index in [4.69, 9.17) is 0 Å². The molecule has 58 valence electrons. The lowest BCUT2D eigenvalue weighted by Gasteiger charge is -1.99. The van der Waals surface area contributed by atoms with Crippen molar-refractivity contribution in [2.75, 3.05) is 0 Å². The Morgan fingerprint density at radius 3 is 2.30 bits per heavy atom. The summed E-state index contributed by atoms with van der Waals surface area (Å²) in [5.41, 5.74) is 2.78. The van der Waals surface area contributed by atoms with Crippen LogP contribution in [-0.4, -0.2) is 0 Å². The van der Waals surface area contributed by atoms with Crippen LogP contribution >= 0.6 is 0 Å². The van der Waals surface area contributed by atoms with E-state index in [1.807, 2.05) is 0 Å². The normalized spacial score (nSPS) is 11.7. The van der Waals surface area contributed by atoms with E-state index in [1.165, 1.54) is 30.4 Å². The molecule has 0 aromatic carbocycles. The number of hydrogen-bond acceptors (Lipinski definition) is 0. The van der Waals surface area contributed by atoms with Gasteiger partial charge in [-0.3, -0.25) is 0 Å². The third-order valence-electron chi connectivity index (χ3n) is 1.67. The summed E-state index contributed by atoms with van der Waals surface area (Å²) in [5, 5.41) is 0. The molecule has 10 heavy (non-hydrogen) atoms. The molecule has 0 aliphatic carbocycles. The first-order valence-corrected chi connectivity index (χ1v) is 3.93. The lowest BCUT2D eigenvalue weighted by atomic mass is 10.1. The van der Waals surface area contributed by atoms with Gasteiger partial charge < -0.3 is 0 Å². The summed E-state index contributed by atoms with van der Waals surface area (Å²) in [5.74, 6) is 0. The van der Waals surface area contributed by atoms with Gasteiger partial charge in [0.05, 0.1) is 0 Å². The Bertz CT molecular complexity index is 129. The number of rotatable bonds is 4. The molecule has 0 atom stereocenters. The van der Waals surface area contributed by atoms with Crippen LogP contribution in [0.5, 0.6) is 0 Å². The van der Waals surface area contributed by atoms with Crippen LogP contribution in [0.3, 0.4) is 0 Å². The van der Waals surface area contributed by atoms with Crippen LogP contribution in [0.2, 0.25) is 0 Å². The summed E-state index contributed by atoms with van der Waals surface area (Å²) in [6.07, 6.45) is 5.83. The molecule has 0 bridgehead atoms. The van der Waals surface area contributed by atoms with E-state index in [0.717, 1.165) is 0 Å². The van der Waals surface area contributed by atoms with Crippen molar-refractivity contribution < 1.29 is 0 Å². The predicted molar refractivity (Wildman–Crippen MR) is 48.1 cm³/mol. The molecule has 0 fully saturated rings. The Kier molecular flexibility index (Phi) is 5.00. The zero-order valence-corrected chi connectivity index (χ0v) is 7.41. The van der Waals surface area contributed by atoms with Crippen LogP contribution in [0.4, 0.5) is 0 Å². The van der Waals surface area contributed by atoms with Gasteiger partial charge in [0.2, 0.25) is 0 Å². The molecular formula is C10H18. The molecule has 0 aliphatic rings. The molecular weight excluding hydrogens is 120 g/mol. The molecule has 0 aliphatic heterocycles. The molecule has 0 rings (SSSR count). The van der Waals surface area contributed by atoms with E-state index in [1.54, 1.807) is 0 Å². The van der Waals surface area contributed by atoms with Crippen molar-refractivity contribution in [2.45, 2.75) is 40.0 Å². The van der Waals surface area contributed by atoms with E-state index < -0.39 is 0 Å². The topological polar surface area (TPSA) is 0 Å². The fourth-order valence-corrected chi connectivity index (χ4v) is 0.813. The van der Waals surface area contributed by atoms with Gasteiger partial charge in [-0.1, -0.05) is 17.2 Å². The molecule has 0 spiro atoms. The van der Waals surface area contributed by atoms with Crippen molar-refractivity contribution >= 4 is 0 Å². The third-order valence-corrected chi connectivity index (χ3v) is 1.67. The van der Waals surface area contributed by atoms with Crippen molar-refractivity contribution in [3.8, 4) is 0 Å². The van der Waals surface area contributed by atoms with Gasteiger partial charge in [0, 0.05) is 0 Å². The molecule has 0 nitrogen and oxygen atoms in total. The minimum absolute atomic E-state index is 1.17. The molecule has 0 heterocycles. The summed E-state index contributed by atoms with van der Waals surface area (Å²) >= 11 is 0. The van der Waals surface area contributed by atoms with Crippen molar-refractivity contribution in [1.29, 1.82) is 0 Å². The van der Waals surface area contributed by atoms with Crippen molar-refractivity contribution in [2.24, 2.45) is 0 Å². The van der Waals surface area contributed by atoms with Gasteiger partial charge in [0.15, 0.2) is 0 Å². The van der Waals surface area contributed by atoms with E-state index in [-0.39, 0.29) is 0 Å². The van der Waals surface area contributed by atoms with Gasteiger partial charge in [0.1, 0.15) is 0 Å². The minimum Gasteiger partial charge on any atom is -0.100 e. The zero-order chi connectivity index (χ0) is 7.98. The van der Waals surface area contributed by atoms with Gasteiger partial charge in [-0.2, -0.15) is 0 Å². The number of hydrogen-bond donors (Lipinski definition) is 0. The van der Waals surface area contributed by atoms with Crippen LogP contribution in [0, 0.1) is 0 Å². The fraction of sp³-hybridized carbons (Fsp3) is 0.600. The van der Waals surface area contributed by atoms with E-state index in [9.17, 15) is 0 Å². The van der Waals surface area contributed by atoms with Crippen molar-refractivity contribution in [1.82, 2.24) is 0 Å². The second-order valence-electron chi connectivity index (χ2n) is 2.95. The van der Waals surface area contributed by atoms with E-state index in [2.05, 4.69) is 33.4 Å². The fourth-order valence-electron chi connectivity index (χ4n) is 0.813. The van der Waals surface area contributed by atoms with Crippen LogP contribution in [-0.2, 0) is 0 Å². The first-order chi connectivity index (χ1) is 4.66. The molecule has 0 saturated carbocycles. The highest BCUT2D eigenvalue weighted by Gasteiger charge is 1.89. The van der Waals surface area contributed by atoms with Crippen LogP contribution < -0.4 is 0 Å². The molecule has 0 aromatic rings. The quantitative estimate of drug-likeness (QED) is 0.520. The summed E-state index contributed by atoms with van der Waals surface area (Å²) in [6, 6.07) is 0. The molecule has 0 saturated heterocycles. The highest BCUT2D eigenvalue weighted by molar-refractivity contribution is 4.97. The molecule has 0 heteroatoms. The largest absolute Gasteiger partial charge is 0.100 e. The van der Waals surface area contributed by atoms with E-state index in [0.29, 0.717) is 0 Å². The van der Waals surface area contributed by atoms with Crippen LogP contribution in [0.1, 0.15) is 40.0 Å². The van der Waals surface area contributed by atoms with E-state index >= 15 is 0 Å². The Hall–Kier alpha value is -0.520. The van der Waals surface area contributed by atoms with Gasteiger partial charge in [0.25, 0.3) is 0 Å². The smallest absolute Gasteiger partial charge is 0.0320 e.